The summed E-state index contributed by atoms with van der Waals surface area (Å²) >= 11 is 0. The number of nitrogens with zero attached hydrogens (tertiary/aromatic N) is 4. The van der Waals surface area contributed by atoms with Crippen molar-refractivity contribution in [2.45, 2.75) is 26.4 Å². The molecular weight excluding hydrogens is 366 g/mol. The molecule has 0 fully saturated rings. The van der Waals surface area contributed by atoms with Gasteiger partial charge in [-0.1, -0.05) is 6.07 Å². The zero-order valence-corrected chi connectivity index (χ0v) is 15.2. The van der Waals surface area contributed by atoms with Gasteiger partial charge in [0.1, 0.15) is 23.4 Å². The normalized spacial score (nSPS) is 11.8. The quantitative estimate of drug-likeness (QED) is 0.502. The molecule has 3 rings (SSSR count). The van der Waals surface area contributed by atoms with Crippen LogP contribution in [0, 0.1) is 30.9 Å². The highest BCUT2D eigenvalue weighted by molar-refractivity contribution is 5.99. The SMILES string of the molecule is C#Cc1ccc(=O)n(C(C)C(=O)c2cnn(Cc3ccc(F)cc3F)c2C)n1. The summed E-state index contributed by atoms with van der Waals surface area (Å²) in [4.78, 5) is 24.9. The fourth-order valence-corrected chi connectivity index (χ4v) is 2.77. The molecule has 0 N–H and O–H groups in total. The average molecular weight is 382 g/mol. The van der Waals surface area contributed by atoms with E-state index in [-0.39, 0.29) is 29.1 Å². The van der Waals surface area contributed by atoms with Crippen molar-refractivity contribution in [3.63, 3.8) is 0 Å². The highest BCUT2D eigenvalue weighted by atomic mass is 19.1. The van der Waals surface area contributed by atoms with Gasteiger partial charge in [0, 0.05) is 23.4 Å². The molecule has 0 amide bonds. The monoisotopic (exact) mass is 382 g/mol. The number of rotatable bonds is 5. The Morgan fingerprint density at radius 3 is 2.71 bits per heavy atom. The minimum Gasteiger partial charge on any atom is -0.292 e. The van der Waals surface area contributed by atoms with Gasteiger partial charge in [-0.3, -0.25) is 14.3 Å². The maximum atomic E-state index is 13.9. The number of aromatic nitrogens is 4. The molecule has 28 heavy (non-hydrogen) atoms. The van der Waals surface area contributed by atoms with Crippen molar-refractivity contribution in [2.75, 3.05) is 0 Å². The number of hydrogen-bond acceptors (Lipinski definition) is 4. The summed E-state index contributed by atoms with van der Waals surface area (Å²) in [6.45, 7) is 3.22. The Labute approximate surface area is 159 Å². The van der Waals surface area contributed by atoms with Crippen molar-refractivity contribution in [3.05, 3.63) is 81.0 Å². The molecule has 1 aromatic carbocycles. The number of halogens is 2. The number of terminal acetylenes is 1. The molecule has 3 aromatic rings. The molecule has 0 spiro atoms. The van der Waals surface area contributed by atoms with E-state index in [9.17, 15) is 18.4 Å². The van der Waals surface area contributed by atoms with Crippen LogP contribution >= 0.6 is 0 Å². The molecule has 6 nitrogen and oxygen atoms in total. The third kappa shape index (κ3) is 3.60. The van der Waals surface area contributed by atoms with Gasteiger partial charge in [0.2, 0.25) is 0 Å². The molecule has 0 aliphatic rings. The van der Waals surface area contributed by atoms with E-state index in [2.05, 4.69) is 16.1 Å². The van der Waals surface area contributed by atoms with Gasteiger partial charge in [-0.05, 0) is 31.9 Å². The van der Waals surface area contributed by atoms with E-state index in [0.717, 1.165) is 16.8 Å². The second kappa shape index (κ2) is 7.56. The molecule has 1 unspecified atom stereocenters. The molecule has 2 heterocycles. The van der Waals surface area contributed by atoms with Gasteiger partial charge in [-0.2, -0.15) is 10.2 Å². The standard InChI is InChI=1S/C20H16F2N4O2/c1-4-16-7-8-19(27)26(24-16)13(3)20(28)17-10-23-25(12(17)2)11-14-5-6-15(21)9-18(14)22/h1,5-10,13H,11H2,2-3H3. The van der Waals surface area contributed by atoms with Crippen molar-refractivity contribution < 1.29 is 13.6 Å². The largest absolute Gasteiger partial charge is 0.292 e. The molecule has 0 radical (unpaired) electrons. The molecule has 1 atom stereocenters. The van der Waals surface area contributed by atoms with Gasteiger partial charge in [0.05, 0.1) is 18.3 Å². The highest BCUT2D eigenvalue weighted by Gasteiger charge is 2.23. The van der Waals surface area contributed by atoms with Gasteiger partial charge in [-0.15, -0.1) is 6.42 Å². The van der Waals surface area contributed by atoms with Crippen LogP contribution < -0.4 is 5.56 Å². The Balaban J connectivity index is 1.90. The number of hydrogen-bond donors (Lipinski definition) is 0. The fraction of sp³-hybridized carbons (Fsp3) is 0.200. The lowest BCUT2D eigenvalue weighted by atomic mass is 10.1. The summed E-state index contributed by atoms with van der Waals surface area (Å²) in [7, 11) is 0. The van der Waals surface area contributed by atoms with Gasteiger partial charge >= 0.3 is 0 Å². The van der Waals surface area contributed by atoms with E-state index in [1.165, 1.54) is 36.0 Å². The summed E-state index contributed by atoms with van der Waals surface area (Å²) in [5, 5.41) is 8.12. The second-order valence-electron chi connectivity index (χ2n) is 6.22. The molecule has 0 saturated heterocycles. The first kappa shape index (κ1) is 19.2. The van der Waals surface area contributed by atoms with Crippen LogP contribution in [0.5, 0.6) is 0 Å². The van der Waals surface area contributed by atoms with E-state index in [1.54, 1.807) is 6.92 Å². The van der Waals surface area contributed by atoms with E-state index >= 15 is 0 Å². The zero-order chi connectivity index (χ0) is 20.4. The molecule has 0 saturated carbocycles. The Morgan fingerprint density at radius 2 is 2.04 bits per heavy atom. The van der Waals surface area contributed by atoms with E-state index in [0.29, 0.717) is 5.69 Å². The van der Waals surface area contributed by atoms with Crippen LogP contribution in [0.4, 0.5) is 8.78 Å². The minimum absolute atomic E-state index is 0.0321. The summed E-state index contributed by atoms with van der Waals surface area (Å²) < 4.78 is 29.4. The Morgan fingerprint density at radius 1 is 1.29 bits per heavy atom. The second-order valence-corrected chi connectivity index (χ2v) is 6.22. The third-order valence-electron chi connectivity index (χ3n) is 4.42. The van der Waals surface area contributed by atoms with Crippen LogP contribution in [-0.4, -0.2) is 25.3 Å². The lowest BCUT2D eigenvalue weighted by molar-refractivity contribution is 0.0924. The maximum Gasteiger partial charge on any atom is 0.267 e. The fourth-order valence-electron chi connectivity index (χ4n) is 2.77. The Hall–Kier alpha value is -3.60. The predicted molar refractivity (Wildman–Crippen MR) is 97.9 cm³/mol. The Bertz CT molecular complexity index is 1160. The van der Waals surface area contributed by atoms with E-state index in [4.69, 9.17) is 6.42 Å². The number of Topliss-reactive ketones (excluding diaryl/α,β-unsaturated/α-hetero) is 1. The summed E-state index contributed by atoms with van der Waals surface area (Å²) in [6, 6.07) is 5.02. The molecular formula is C20H16F2N4O2. The third-order valence-corrected chi connectivity index (χ3v) is 4.42. The molecule has 142 valence electrons. The number of benzene rings is 1. The van der Waals surface area contributed by atoms with Crippen molar-refractivity contribution in [1.82, 2.24) is 19.6 Å². The van der Waals surface area contributed by atoms with Gasteiger partial charge in [0.15, 0.2) is 5.78 Å². The maximum absolute atomic E-state index is 13.9. The van der Waals surface area contributed by atoms with Crippen LogP contribution in [-0.2, 0) is 6.54 Å². The van der Waals surface area contributed by atoms with Gasteiger partial charge < -0.3 is 0 Å². The van der Waals surface area contributed by atoms with Gasteiger partial charge in [-0.25, -0.2) is 13.5 Å². The van der Waals surface area contributed by atoms with Crippen LogP contribution in [0.1, 0.15) is 40.3 Å². The number of carbonyl (C=O) groups excluding carboxylic acids is 1. The van der Waals surface area contributed by atoms with Crippen LogP contribution in [0.15, 0.2) is 41.3 Å². The lowest BCUT2D eigenvalue weighted by Gasteiger charge is -2.13. The summed E-state index contributed by atoms with van der Waals surface area (Å²) in [5.74, 6) is 0.570. The van der Waals surface area contributed by atoms with Crippen molar-refractivity contribution in [1.29, 1.82) is 0 Å². The first-order valence-corrected chi connectivity index (χ1v) is 8.39. The van der Waals surface area contributed by atoms with Crippen LogP contribution in [0.25, 0.3) is 0 Å². The van der Waals surface area contributed by atoms with Gasteiger partial charge in [0.25, 0.3) is 5.56 Å². The van der Waals surface area contributed by atoms with Crippen molar-refractivity contribution in [3.8, 4) is 12.3 Å². The van der Waals surface area contributed by atoms with Crippen LogP contribution in [0.2, 0.25) is 0 Å². The summed E-state index contributed by atoms with van der Waals surface area (Å²) in [6.07, 6.45) is 6.65. The van der Waals surface area contributed by atoms with E-state index in [1.807, 2.05) is 0 Å². The smallest absolute Gasteiger partial charge is 0.267 e. The van der Waals surface area contributed by atoms with Crippen LogP contribution in [0.3, 0.4) is 0 Å². The first-order valence-electron chi connectivity index (χ1n) is 8.39. The first-order chi connectivity index (χ1) is 13.3. The zero-order valence-electron chi connectivity index (χ0n) is 15.2. The lowest BCUT2D eigenvalue weighted by Crippen LogP contribution is -2.30. The van der Waals surface area contributed by atoms with Crippen molar-refractivity contribution >= 4 is 5.78 Å². The molecule has 0 aliphatic carbocycles. The number of carbonyl (C=O) groups is 1. The van der Waals surface area contributed by atoms with E-state index < -0.39 is 23.2 Å². The molecule has 2 aromatic heterocycles. The molecule has 0 aliphatic heterocycles. The predicted octanol–water partition coefficient (Wildman–Crippen LogP) is 2.50. The highest BCUT2D eigenvalue weighted by Crippen LogP contribution is 2.18. The molecule has 0 bridgehead atoms. The topological polar surface area (TPSA) is 69.8 Å². The van der Waals surface area contributed by atoms with Crippen molar-refractivity contribution in [2.24, 2.45) is 0 Å². The Kier molecular flexibility index (Phi) is 5.18. The summed E-state index contributed by atoms with van der Waals surface area (Å²) in [5.41, 5.74) is 0.771. The molecule has 8 heteroatoms. The minimum atomic E-state index is -0.903. The average Bonchev–Trinajstić information content (AvgIpc) is 3.03. The number of ketones is 1.